The molecule has 3 rings (SSSR count). The first-order valence-electron chi connectivity index (χ1n) is 7.77. The van der Waals surface area contributed by atoms with Gasteiger partial charge in [0.15, 0.2) is 0 Å². The summed E-state index contributed by atoms with van der Waals surface area (Å²) >= 11 is 1.61. The van der Waals surface area contributed by atoms with Crippen molar-refractivity contribution < 1.29 is 9.59 Å². The molecule has 0 spiro atoms. The second-order valence-corrected chi connectivity index (χ2v) is 7.11. The topological polar surface area (TPSA) is 49.4 Å². The van der Waals surface area contributed by atoms with Crippen molar-refractivity contribution in [2.24, 2.45) is 5.92 Å². The van der Waals surface area contributed by atoms with E-state index in [1.807, 2.05) is 55.6 Å². The van der Waals surface area contributed by atoms with Gasteiger partial charge in [0.25, 0.3) is 5.91 Å². The number of rotatable bonds is 5. The zero-order valence-electron chi connectivity index (χ0n) is 13.3. The van der Waals surface area contributed by atoms with Gasteiger partial charge in [-0.1, -0.05) is 38.1 Å². The summed E-state index contributed by atoms with van der Waals surface area (Å²) in [4.78, 5) is 28.1. The fourth-order valence-electron chi connectivity index (χ4n) is 3.00. The van der Waals surface area contributed by atoms with Crippen molar-refractivity contribution in [1.29, 1.82) is 0 Å². The average Bonchev–Trinajstić information content (AvgIpc) is 3.15. The van der Waals surface area contributed by atoms with Gasteiger partial charge in [-0.05, 0) is 29.0 Å². The lowest BCUT2D eigenvalue weighted by atomic mass is 10.0. The third kappa shape index (κ3) is 3.15. The van der Waals surface area contributed by atoms with Crippen molar-refractivity contribution in [3.05, 3.63) is 57.8 Å². The van der Waals surface area contributed by atoms with Crippen LogP contribution in [0.25, 0.3) is 0 Å². The largest absolute Gasteiger partial charge is 0.349 e. The van der Waals surface area contributed by atoms with Crippen LogP contribution in [0, 0.1) is 5.92 Å². The first-order valence-corrected chi connectivity index (χ1v) is 8.65. The van der Waals surface area contributed by atoms with E-state index in [-0.39, 0.29) is 17.7 Å². The monoisotopic (exact) mass is 328 g/mol. The Balaban J connectivity index is 1.75. The van der Waals surface area contributed by atoms with E-state index in [0.717, 1.165) is 10.4 Å². The maximum atomic E-state index is 12.7. The molecule has 1 atom stereocenters. The highest BCUT2D eigenvalue weighted by atomic mass is 32.1. The van der Waals surface area contributed by atoms with Crippen molar-refractivity contribution in [2.45, 2.75) is 33.0 Å². The summed E-state index contributed by atoms with van der Waals surface area (Å²) in [6.07, 6.45) is 0. The lowest BCUT2D eigenvalue weighted by Gasteiger charge is -2.29. The van der Waals surface area contributed by atoms with Crippen LogP contribution in [0.5, 0.6) is 0 Å². The fraction of sp³-hybridized carbons (Fsp3) is 0.333. The van der Waals surface area contributed by atoms with E-state index in [2.05, 4.69) is 5.32 Å². The van der Waals surface area contributed by atoms with Crippen LogP contribution in [0.2, 0.25) is 0 Å². The molecule has 23 heavy (non-hydrogen) atoms. The number of hydrogen-bond acceptors (Lipinski definition) is 3. The molecule has 1 aliphatic heterocycles. The minimum absolute atomic E-state index is 0.0504. The number of carbonyl (C=O) groups is 2. The average molecular weight is 328 g/mol. The number of benzene rings is 1. The Morgan fingerprint density at radius 3 is 2.70 bits per heavy atom. The zero-order chi connectivity index (χ0) is 16.4. The Morgan fingerprint density at radius 2 is 2.04 bits per heavy atom. The Kier molecular flexibility index (Phi) is 4.48. The molecule has 1 N–H and O–H groups in total. The van der Waals surface area contributed by atoms with Crippen molar-refractivity contribution >= 4 is 23.2 Å². The molecule has 0 radical (unpaired) electrons. The Bertz CT molecular complexity index is 710. The molecule has 0 aliphatic carbocycles. The van der Waals surface area contributed by atoms with E-state index in [9.17, 15) is 9.59 Å². The summed E-state index contributed by atoms with van der Waals surface area (Å²) in [5.41, 5.74) is 1.71. The van der Waals surface area contributed by atoms with Crippen LogP contribution in [0.3, 0.4) is 0 Å². The van der Waals surface area contributed by atoms with E-state index < -0.39 is 6.04 Å². The van der Waals surface area contributed by atoms with Gasteiger partial charge in [0, 0.05) is 17.0 Å². The van der Waals surface area contributed by atoms with Crippen molar-refractivity contribution in [1.82, 2.24) is 10.2 Å². The summed E-state index contributed by atoms with van der Waals surface area (Å²) in [5, 5.41) is 4.96. The summed E-state index contributed by atoms with van der Waals surface area (Å²) in [6.45, 7) is 4.97. The molecular formula is C18H20N2O2S. The van der Waals surface area contributed by atoms with Gasteiger partial charge in [-0.25, -0.2) is 0 Å². The van der Waals surface area contributed by atoms with E-state index in [4.69, 9.17) is 0 Å². The maximum absolute atomic E-state index is 12.7. The summed E-state index contributed by atoms with van der Waals surface area (Å²) < 4.78 is 0. The highest BCUT2D eigenvalue weighted by Crippen LogP contribution is 2.27. The van der Waals surface area contributed by atoms with Crippen LogP contribution in [0.4, 0.5) is 0 Å². The smallest absolute Gasteiger partial charge is 0.255 e. The normalized spacial score (nSPS) is 14.9. The number of nitrogens with one attached hydrogen (secondary N) is 1. The lowest BCUT2D eigenvalue weighted by Crippen LogP contribution is -2.49. The highest BCUT2D eigenvalue weighted by Gasteiger charge is 2.37. The predicted molar refractivity (Wildman–Crippen MR) is 91.1 cm³/mol. The second-order valence-electron chi connectivity index (χ2n) is 6.08. The second kappa shape index (κ2) is 6.54. The van der Waals surface area contributed by atoms with E-state index in [0.29, 0.717) is 18.7 Å². The van der Waals surface area contributed by atoms with Crippen LogP contribution in [0.1, 0.15) is 34.6 Å². The number of amides is 2. The first-order chi connectivity index (χ1) is 11.1. The van der Waals surface area contributed by atoms with Gasteiger partial charge in [0.2, 0.25) is 5.91 Å². The molecule has 2 heterocycles. The van der Waals surface area contributed by atoms with Crippen LogP contribution in [0.15, 0.2) is 41.8 Å². The van der Waals surface area contributed by atoms with E-state index in [1.54, 1.807) is 16.2 Å². The van der Waals surface area contributed by atoms with E-state index >= 15 is 0 Å². The van der Waals surface area contributed by atoms with E-state index in [1.165, 1.54) is 0 Å². The van der Waals surface area contributed by atoms with Crippen molar-refractivity contribution in [2.75, 3.05) is 0 Å². The molecule has 0 unspecified atom stereocenters. The molecule has 2 amide bonds. The molecule has 0 saturated heterocycles. The van der Waals surface area contributed by atoms with Crippen molar-refractivity contribution in [3.8, 4) is 0 Å². The minimum Gasteiger partial charge on any atom is -0.349 e. The Morgan fingerprint density at radius 1 is 1.26 bits per heavy atom. The quantitative estimate of drug-likeness (QED) is 0.917. The SMILES string of the molecule is CC(C)[C@H](C(=O)NCc1cccs1)N1Cc2ccccc2C1=O. The third-order valence-corrected chi connectivity index (χ3v) is 4.98. The van der Waals surface area contributed by atoms with Gasteiger partial charge in [-0.2, -0.15) is 0 Å². The summed E-state index contributed by atoms with van der Waals surface area (Å²) in [5.74, 6) is -0.0864. The first kappa shape index (κ1) is 15.7. The number of hydrogen-bond donors (Lipinski definition) is 1. The summed E-state index contributed by atoms with van der Waals surface area (Å²) in [7, 11) is 0. The third-order valence-electron chi connectivity index (χ3n) is 4.10. The van der Waals surface area contributed by atoms with Gasteiger partial charge < -0.3 is 10.2 Å². The Hall–Kier alpha value is -2.14. The van der Waals surface area contributed by atoms with Gasteiger partial charge in [0.1, 0.15) is 6.04 Å². The number of fused-ring (bicyclic) bond motifs is 1. The summed E-state index contributed by atoms with van der Waals surface area (Å²) in [6, 6.07) is 11.1. The molecule has 1 aromatic carbocycles. The van der Waals surface area contributed by atoms with Gasteiger partial charge in [-0.3, -0.25) is 9.59 Å². The van der Waals surface area contributed by atoms with Crippen LogP contribution in [-0.2, 0) is 17.9 Å². The molecule has 4 nitrogen and oxygen atoms in total. The molecule has 5 heteroatoms. The molecule has 0 saturated carbocycles. The molecule has 1 aliphatic rings. The molecule has 0 fully saturated rings. The van der Waals surface area contributed by atoms with Crippen molar-refractivity contribution in [3.63, 3.8) is 0 Å². The van der Waals surface area contributed by atoms with Gasteiger partial charge in [-0.15, -0.1) is 11.3 Å². The molecular weight excluding hydrogens is 308 g/mol. The van der Waals surface area contributed by atoms with Gasteiger partial charge >= 0.3 is 0 Å². The number of nitrogens with zero attached hydrogens (tertiary/aromatic N) is 1. The zero-order valence-corrected chi connectivity index (χ0v) is 14.1. The minimum atomic E-state index is -0.449. The predicted octanol–water partition coefficient (Wildman–Crippen LogP) is 3.04. The molecule has 1 aromatic heterocycles. The Labute approximate surface area is 140 Å². The van der Waals surface area contributed by atoms with Crippen LogP contribution in [-0.4, -0.2) is 22.8 Å². The molecule has 2 aromatic rings. The number of carbonyl (C=O) groups excluding carboxylic acids is 2. The maximum Gasteiger partial charge on any atom is 0.255 e. The van der Waals surface area contributed by atoms with Gasteiger partial charge in [0.05, 0.1) is 6.54 Å². The fourth-order valence-corrected chi connectivity index (χ4v) is 3.64. The number of thiophene rings is 1. The standard InChI is InChI=1S/C18H20N2O2S/c1-12(2)16(17(21)19-10-14-7-5-9-23-14)20-11-13-6-3-4-8-15(13)18(20)22/h3-9,12,16H,10-11H2,1-2H3,(H,19,21)/t16-/m1/s1. The van der Waals surface area contributed by atoms with Crippen LogP contribution >= 0.6 is 11.3 Å². The lowest BCUT2D eigenvalue weighted by molar-refractivity contribution is -0.127. The molecule has 0 bridgehead atoms. The van der Waals surface area contributed by atoms with Crippen LogP contribution < -0.4 is 5.32 Å². The highest BCUT2D eigenvalue weighted by molar-refractivity contribution is 7.09. The molecule has 120 valence electrons.